The summed E-state index contributed by atoms with van der Waals surface area (Å²) < 4.78 is 24.9. The van der Waals surface area contributed by atoms with Crippen molar-refractivity contribution in [3.05, 3.63) is 28.8 Å². The second-order valence-corrected chi connectivity index (χ2v) is 4.73. The minimum absolute atomic E-state index is 0.0827. The van der Waals surface area contributed by atoms with Crippen molar-refractivity contribution >= 4 is 21.6 Å². The molecule has 0 aliphatic rings. The maximum atomic E-state index is 11.4. The highest BCUT2D eigenvalue weighted by molar-refractivity contribution is 7.89. The van der Waals surface area contributed by atoms with E-state index in [0.29, 0.717) is 0 Å². The minimum Gasteiger partial charge on any atom is -0.214 e. The highest BCUT2D eigenvalue weighted by Gasteiger charge is 2.15. The van der Waals surface area contributed by atoms with Crippen LogP contribution in [0.25, 0.3) is 0 Å². The zero-order valence-electron chi connectivity index (χ0n) is 7.28. The van der Waals surface area contributed by atoms with Crippen molar-refractivity contribution in [2.75, 3.05) is 7.05 Å². The van der Waals surface area contributed by atoms with Crippen LogP contribution in [-0.2, 0) is 10.0 Å². The maximum absolute atomic E-state index is 11.4. The van der Waals surface area contributed by atoms with Gasteiger partial charge in [0.1, 0.15) is 4.90 Å². The molecule has 0 saturated carbocycles. The highest BCUT2D eigenvalue weighted by Crippen LogP contribution is 2.21. The zero-order valence-corrected chi connectivity index (χ0v) is 8.85. The number of nitrogens with zero attached hydrogens (tertiary/aromatic N) is 1. The molecular weight excluding hydrogens is 224 g/mol. The smallest absolute Gasteiger partial charge is 0.214 e. The Bertz CT molecular complexity index is 491. The van der Waals surface area contributed by atoms with Crippen molar-refractivity contribution in [3.63, 3.8) is 0 Å². The van der Waals surface area contributed by atoms with Crippen molar-refractivity contribution in [2.24, 2.45) is 0 Å². The first-order chi connectivity index (χ1) is 6.51. The minimum atomic E-state index is -3.59. The predicted molar refractivity (Wildman–Crippen MR) is 52.4 cm³/mol. The van der Waals surface area contributed by atoms with E-state index in [4.69, 9.17) is 16.9 Å². The molecule has 1 aromatic rings. The number of benzene rings is 1. The lowest BCUT2D eigenvalue weighted by Crippen LogP contribution is -2.19. The van der Waals surface area contributed by atoms with Gasteiger partial charge in [0.05, 0.1) is 16.7 Å². The molecule has 1 aromatic carbocycles. The number of rotatable bonds is 2. The van der Waals surface area contributed by atoms with Crippen molar-refractivity contribution in [1.29, 1.82) is 5.26 Å². The number of sulfonamides is 1. The molecule has 4 nitrogen and oxygen atoms in total. The summed E-state index contributed by atoms with van der Waals surface area (Å²) in [5.41, 5.74) is 0.253. The lowest BCUT2D eigenvalue weighted by Gasteiger charge is -2.04. The van der Waals surface area contributed by atoms with Crippen LogP contribution in [0.4, 0.5) is 0 Å². The predicted octanol–water partition coefficient (Wildman–Crippen LogP) is 1.12. The van der Waals surface area contributed by atoms with Gasteiger partial charge in [0, 0.05) is 0 Å². The van der Waals surface area contributed by atoms with Gasteiger partial charge in [0.25, 0.3) is 0 Å². The number of nitriles is 1. The van der Waals surface area contributed by atoms with Gasteiger partial charge in [-0.1, -0.05) is 11.6 Å². The number of halogens is 1. The van der Waals surface area contributed by atoms with Crippen LogP contribution in [0.5, 0.6) is 0 Å². The zero-order chi connectivity index (χ0) is 10.8. The number of nitrogens with one attached hydrogen (secondary N) is 1. The third-order valence-corrected chi connectivity index (χ3v) is 3.51. The molecule has 0 aliphatic heterocycles. The van der Waals surface area contributed by atoms with Crippen LogP contribution >= 0.6 is 11.6 Å². The van der Waals surface area contributed by atoms with Crippen LogP contribution in [0, 0.1) is 11.3 Å². The average molecular weight is 231 g/mol. The summed E-state index contributed by atoms with van der Waals surface area (Å²) in [6.45, 7) is 0. The quantitative estimate of drug-likeness (QED) is 0.828. The fourth-order valence-corrected chi connectivity index (χ4v) is 2.14. The molecule has 0 spiro atoms. The molecule has 74 valence electrons. The number of hydrogen-bond donors (Lipinski definition) is 1. The SMILES string of the molecule is CNS(=O)(=O)c1cc(C#N)ccc1Cl. The van der Waals surface area contributed by atoms with Crippen LogP contribution in [0.1, 0.15) is 5.56 Å². The summed E-state index contributed by atoms with van der Waals surface area (Å²) >= 11 is 5.69. The Balaban J connectivity index is 3.43. The second kappa shape index (κ2) is 3.96. The lowest BCUT2D eigenvalue weighted by atomic mass is 10.2. The molecule has 0 radical (unpaired) electrons. The molecule has 0 bridgehead atoms. The summed E-state index contributed by atoms with van der Waals surface area (Å²) in [5.74, 6) is 0. The van der Waals surface area contributed by atoms with Crippen LogP contribution in [0.15, 0.2) is 23.1 Å². The van der Waals surface area contributed by atoms with E-state index in [1.54, 1.807) is 0 Å². The highest BCUT2D eigenvalue weighted by atomic mass is 35.5. The first-order valence-electron chi connectivity index (χ1n) is 3.64. The Morgan fingerprint density at radius 2 is 2.14 bits per heavy atom. The first kappa shape index (κ1) is 11.0. The van der Waals surface area contributed by atoms with Gasteiger partial charge >= 0.3 is 0 Å². The topological polar surface area (TPSA) is 70.0 Å². The van der Waals surface area contributed by atoms with E-state index in [1.165, 1.54) is 25.2 Å². The van der Waals surface area contributed by atoms with E-state index < -0.39 is 10.0 Å². The Hall–Kier alpha value is -1.09. The van der Waals surface area contributed by atoms with Crippen molar-refractivity contribution in [2.45, 2.75) is 4.90 Å². The molecule has 1 N–H and O–H groups in total. The Morgan fingerprint density at radius 3 is 2.64 bits per heavy atom. The second-order valence-electron chi connectivity index (χ2n) is 2.46. The summed E-state index contributed by atoms with van der Waals surface area (Å²) in [5, 5.41) is 8.68. The van der Waals surface area contributed by atoms with Gasteiger partial charge in [-0.3, -0.25) is 0 Å². The summed E-state index contributed by atoms with van der Waals surface area (Å²) in [7, 11) is -2.31. The Kier molecular flexibility index (Phi) is 3.11. The molecule has 0 heterocycles. The van der Waals surface area contributed by atoms with Crippen molar-refractivity contribution < 1.29 is 8.42 Å². The molecule has 0 saturated heterocycles. The third-order valence-electron chi connectivity index (χ3n) is 1.62. The van der Waals surface area contributed by atoms with Gasteiger partial charge < -0.3 is 0 Å². The summed E-state index contributed by atoms with van der Waals surface area (Å²) in [6.07, 6.45) is 0. The normalized spacial score (nSPS) is 10.9. The fourth-order valence-electron chi connectivity index (χ4n) is 0.889. The third kappa shape index (κ3) is 2.04. The molecule has 0 fully saturated rings. The van der Waals surface area contributed by atoms with Crippen LogP contribution < -0.4 is 4.72 Å². The molecule has 14 heavy (non-hydrogen) atoms. The molecule has 0 aromatic heterocycles. The van der Waals surface area contributed by atoms with Crippen molar-refractivity contribution in [1.82, 2.24) is 4.72 Å². The Labute approximate surface area is 87.2 Å². The molecule has 6 heteroatoms. The van der Waals surface area contributed by atoms with E-state index in [0.717, 1.165) is 0 Å². The fraction of sp³-hybridized carbons (Fsp3) is 0.125. The molecule has 1 rings (SSSR count). The van der Waals surface area contributed by atoms with E-state index in [2.05, 4.69) is 4.72 Å². The van der Waals surface area contributed by atoms with Crippen LogP contribution in [0.3, 0.4) is 0 Å². The first-order valence-corrected chi connectivity index (χ1v) is 5.50. The van der Waals surface area contributed by atoms with E-state index in [1.807, 2.05) is 6.07 Å². The van der Waals surface area contributed by atoms with E-state index >= 15 is 0 Å². The lowest BCUT2D eigenvalue weighted by molar-refractivity contribution is 0.588. The van der Waals surface area contributed by atoms with Crippen molar-refractivity contribution in [3.8, 4) is 6.07 Å². The monoisotopic (exact) mass is 230 g/mol. The standard InChI is InChI=1S/C8H7ClN2O2S/c1-11-14(12,13)8-4-6(5-10)2-3-7(8)9/h2-4,11H,1H3. The molecule has 0 amide bonds. The van der Waals surface area contributed by atoms with Gasteiger partial charge in [-0.05, 0) is 25.2 Å². The van der Waals surface area contributed by atoms with Gasteiger partial charge in [-0.2, -0.15) is 5.26 Å². The molecule has 0 atom stereocenters. The maximum Gasteiger partial charge on any atom is 0.241 e. The molecular formula is C8H7ClN2O2S. The largest absolute Gasteiger partial charge is 0.241 e. The van der Waals surface area contributed by atoms with Gasteiger partial charge in [0.15, 0.2) is 0 Å². The van der Waals surface area contributed by atoms with Gasteiger partial charge in [-0.25, -0.2) is 13.1 Å². The van der Waals surface area contributed by atoms with Crippen LogP contribution in [-0.4, -0.2) is 15.5 Å². The molecule has 0 unspecified atom stereocenters. The van der Waals surface area contributed by atoms with E-state index in [9.17, 15) is 8.42 Å². The Morgan fingerprint density at radius 1 is 1.50 bits per heavy atom. The van der Waals surface area contributed by atoms with E-state index in [-0.39, 0.29) is 15.5 Å². The van der Waals surface area contributed by atoms with Crippen LogP contribution in [0.2, 0.25) is 5.02 Å². The summed E-state index contributed by atoms with van der Waals surface area (Å²) in [6, 6.07) is 5.90. The van der Waals surface area contributed by atoms with Gasteiger partial charge in [-0.15, -0.1) is 0 Å². The van der Waals surface area contributed by atoms with Gasteiger partial charge in [0.2, 0.25) is 10.0 Å². The number of hydrogen-bond acceptors (Lipinski definition) is 3. The summed E-state index contributed by atoms with van der Waals surface area (Å²) in [4.78, 5) is -0.0827. The average Bonchev–Trinajstić information content (AvgIpc) is 2.18. The molecule has 0 aliphatic carbocycles.